The van der Waals surface area contributed by atoms with Crippen LogP contribution in [-0.4, -0.2) is 42.0 Å². The van der Waals surface area contributed by atoms with Gasteiger partial charge in [-0.25, -0.2) is 4.79 Å². The molecule has 0 atom stereocenters. The van der Waals surface area contributed by atoms with E-state index in [0.717, 1.165) is 5.56 Å². The molecule has 0 radical (unpaired) electrons. The van der Waals surface area contributed by atoms with Gasteiger partial charge in [-0.2, -0.15) is 5.10 Å². The number of benzene rings is 1. The van der Waals surface area contributed by atoms with Crippen molar-refractivity contribution < 1.29 is 23.8 Å². The highest BCUT2D eigenvalue weighted by Gasteiger charge is 2.23. The van der Waals surface area contributed by atoms with Gasteiger partial charge in [0, 0.05) is 24.4 Å². The van der Waals surface area contributed by atoms with E-state index in [4.69, 9.17) is 9.47 Å². The summed E-state index contributed by atoms with van der Waals surface area (Å²) in [5.74, 6) is -0.997. The molecule has 2 heterocycles. The second-order valence-electron chi connectivity index (χ2n) is 5.14. The van der Waals surface area contributed by atoms with Gasteiger partial charge in [-0.3, -0.25) is 9.48 Å². The fourth-order valence-electron chi connectivity index (χ4n) is 2.41. The van der Waals surface area contributed by atoms with Crippen LogP contribution < -0.4 is 5.32 Å². The summed E-state index contributed by atoms with van der Waals surface area (Å²) in [5, 5.41) is 6.82. The number of para-hydroxylation sites is 1. The first-order valence-electron chi connectivity index (χ1n) is 7.36. The number of nitrogens with zero attached hydrogens (tertiary/aromatic N) is 2. The molecule has 0 aliphatic carbocycles. The predicted octanol–water partition coefficient (Wildman–Crippen LogP) is 1.50. The largest absolute Gasteiger partial charge is 0.464 e. The normalized spacial score (nSPS) is 14.6. The predicted molar refractivity (Wildman–Crippen MR) is 83.6 cm³/mol. The van der Waals surface area contributed by atoms with E-state index in [0.29, 0.717) is 18.9 Å². The van der Waals surface area contributed by atoms with Crippen LogP contribution in [0.15, 0.2) is 30.3 Å². The number of anilines is 1. The van der Waals surface area contributed by atoms with Crippen molar-refractivity contribution in [3.05, 3.63) is 47.3 Å². The topological polar surface area (TPSA) is 91.7 Å². The Balaban J connectivity index is 1.82. The average molecular weight is 331 g/mol. The van der Waals surface area contributed by atoms with Crippen molar-refractivity contribution in [2.45, 2.75) is 6.29 Å². The molecule has 8 nitrogen and oxygen atoms in total. The molecule has 24 heavy (non-hydrogen) atoms. The van der Waals surface area contributed by atoms with Crippen molar-refractivity contribution >= 4 is 17.6 Å². The second kappa shape index (κ2) is 6.81. The lowest BCUT2D eigenvalue weighted by Crippen LogP contribution is -2.15. The molecule has 1 saturated heterocycles. The minimum Gasteiger partial charge on any atom is -0.464 e. The summed E-state index contributed by atoms with van der Waals surface area (Å²) in [7, 11) is 2.84. The molecular weight excluding hydrogens is 314 g/mol. The third kappa shape index (κ3) is 3.15. The number of amides is 1. The molecule has 126 valence electrons. The Morgan fingerprint density at radius 1 is 1.29 bits per heavy atom. The van der Waals surface area contributed by atoms with Crippen molar-refractivity contribution in [2.75, 3.05) is 25.6 Å². The number of rotatable bonds is 4. The standard InChI is InChI=1S/C16H17N3O5/c1-19-13(15(21)22-2)9-12(18-19)14(20)17-11-6-4-3-5-10(11)16-23-7-8-24-16/h3-6,9,16H,7-8H2,1-2H3,(H,17,20). The molecular formula is C16H17N3O5. The monoisotopic (exact) mass is 331 g/mol. The third-order valence-electron chi connectivity index (χ3n) is 3.59. The Morgan fingerprint density at radius 2 is 2.00 bits per heavy atom. The zero-order chi connectivity index (χ0) is 17.1. The summed E-state index contributed by atoms with van der Waals surface area (Å²) >= 11 is 0. The fourth-order valence-corrected chi connectivity index (χ4v) is 2.41. The molecule has 1 aliphatic heterocycles. The van der Waals surface area contributed by atoms with Crippen molar-refractivity contribution in [3.8, 4) is 0 Å². The minimum atomic E-state index is -0.558. The number of hydrogen-bond acceptors (Lipinski definition) is 6. The van der Waals surface area contributed by atoms with Gasteiger partial charge >= 0.3 is 5.97 Å². The first kappa shape index (κ1) is 16.2. The van der Waals surface area contributed by atoms with E-state index in [1.54, 1.807) is 19.2 Å². The maximum atomic E-state index is 12.4. The van der Waals surface area contributed by atoms with Crippen molar-refractivity contribution in [1.82, 2.24) is 9.78 Å². The highest BCUT2D eigenvalue weighted by atomic mass is 16.7. The molecule has 2 aromatic rings. The van der Waals surface area contributed by atoms with E-state index in [-0.39, 0.29) is 11.4 Å². The van der Waals surface area contributed by atoms with Crippen LogP contribution in [0.1, 0.15) is 32.8 Å². The SMILES string of the molecule is COC(=O)c1cc(C(=O)Nc2ccccc2C2OCCO2)nn1C. The number of aromatic nitrogens is 2. The molecule has 3 rings (SSSR count). The highest BCUT2D eigenvalue weighted by molar-refractivity contribution is 6.04. The van der Waals surface area contributed by atoms with Gasteiger partial charge in [0.2, 0.25) is 0 Å². The Morgan fingerprint density at radius 3 is 2.71 bits per heavy atom. The van der Waals surface area contributed by atoms with Crippen molar-refractivity contribution in [2.24, 2.45) is 7.05 Å². The summed E-state index contributed by atoms with van der Waals surface area (Å²) in [6.45, 7) is 1.02. The first-order valence-corrected chi connectivity index (χ1v) is 7.36. The van der Waals surface area contributed by atoms with Crippen LogP contribution in [0.5, 0.6) is 0 Å². The van der Waals surface area contributed by atoms with E-state index >= 15 is 0 Å². The highest BCUT2D eigenvalue weighted by Crippen LogP contribution is 2.29. The number of aryl methyl sites for hydroxylation is 1. The van der Waals surface area contributed by atoms with Gasteiger partial charge in [-0.1, -0.05) is 18.2 Å². The van der Waals surface area contributed by atoms with E-state index < -0.39 is 18.2 Å². The summed E-state index contributed by atoms with van der Waals surface area (Å²) in [5.41, 5.74) is 1.60. The Kier molecular flexibility index (Phi) is 4.59. The molecule has 1 N–H and O–H groups in total. The fraction of sp³-hybridized carbons (Fsp3) is 0.312. The van der Waals surface area contributed by atoms with Crippen LogP contribution in [0.25, 0.3) is 0 Å². The number of methoxy groups -OCH3 is 1. The average Bonchev–Trinajstić information content (AvgIpc) is 3.24. The number of carbonyl (C=O) groups is 2. The quantitative estimate of drug-likeness (QED) is 0.854. The molecule has 1 aliphatic rings. The third-order valence-corrected chi connectivity index (χ3v) is 3.59. The van der Waals surface area contributed by atoms with Gasteiger partial charge in [0.1, 0.15) is 5.69 Å². The van der Waals surface area contributed by atoms with E-state index in [9.17, 15) is 9.59 Å². The van der Waals surface area contributed by atoms with Crippen LogP contribution in [0, 0.1) is 0 Å². The molecule has 1 amide bonds. The number of ether oxygens (including phenoxy) is 3. The smallest absolute Gasteiger partial charge is 0.356 e. The number of hydrogen-bond donors (Lipinski definition) is 1. The van der Waals surface area contributed by atoms with Gasteiger partial charge in [-0.15, -0.1) is 0 Å². The van der Waals surface area contributed by atoms with Crippen LogP contribution in [0.3, 0.4) is 0 Å². The lowest BCUT2D eigenvalue weighted by atomic mass is 10.1. The first-order chi connectivity index (χ1) is 11.6. The molecule has 0 bridgehead atoms. The van der Waals surface area contributed by atoms with E-state index in [2.05, 4.69) is 15.2 Å². The molecule has 1 aromatic heterocycles. The van der Waals surface area contributed by atoms with Gasteiger partial charge < -0.3 is 19.5 Å². The number of nitrogens with one attached hydrogen (secondary N) is 1. The lowest BCUT2D eigenvalue weighted by Gasteiger charge is -2.14. The zero-order valence-corrected chi connectivity index (χ0v) is 13.3. The number of carbonyl (C=O) groups excluding carboxylic acids is 2. The maximum absolute atomic E-state index is 12.4. The molecule has 0 unspecified atom stereocenters. The van der Waals surface area contributed by atoms with E-state index in [1.165, 1.54) is 17.9 Å². The zero-order valence-electron chi connectivity index (χ0n) is 13.3. The van der Waals surface area contributed by atoms with Gasteiger partial charge in [0.15, 0.2) is 12.0 Å². The maximum Gasteiger partial charge on any atom is 0.356 e. The van der Waals surface area contributed by atoms with Gasteiger partial charge in [0.25, 0.3) is 5.91 Å². The summed E-state index contributed by atoms with van der Waals surface area (Å²) in [6.07, 6.45) is -0.504. The van der Waals surface area contributed by atoms with E-state index in [1.807, 2.05) is 12.1 Å². The van der Waals surface area contributed by atoms with Crippen LogP contribution >= 0.6 is 0 Å². The van der Waals surface area contributed by atoms with Crippen LogP contribution in [-0.2, 0) is 21.3 Å². The van der Waals surface area contributed by atoms with Crippen molar-refractivity contribution in [3.63, 3.8) is 0 Å². The van der Waals surface area contributed by atoms with Crippen LogP contribution in [0.2, 0.25) is 0 Å². The number of esters is 1. The Hall–Kier alpha value is -2.71. The molecule has 1 aromatic carbocycles. The molecule has 1 fully saturated rings. The minimum absolute atomic E-state index is 0.112. The van der Waals surface area contributed by atoms with Crippen molar-refractivity contribution in [1.29, 1.82) is 0 Å². The molecule has 8 heteroatoms. The molecule has 0 spiro atoms. The Labute approximate surface area is 138 Å². The summed E-state index contributed by atoms with van der Waals surface area (Å²) in [6, 6.07) is 8.59. The van der Waals surface area contributed by atoms with Gasteiger partial charge in [-0.05, 0) is 6.07 Å². The van der Waals surface area contributed by atoms with Crippen LogP contribution in [0.4, 0.5) is 5.69 Å². The lowest BCUT2D eigenvalue weighted by molar-refractivity contribution is -0.0435. The summed E-state index contributed by atoms with van der Waals surface area (Å²) in [4.78, 5) is 24.0. The Bertz CT molecular complexity index is 765. The summed E-state index contributed by atoms with van der Waals surface area (Å²) < 4.78 is 16.9. The molecule has 0 saturated carbocycles. The second-order valence-corrected chi connectivity index (χ2v) is 5.14. The van der Waals surface area contributed by atoms with Gasteiger partial charge in [0.05, 0.1) is 20.3 Å².